The van der Waals surface area contributed by atoms with Gasteiger partial charge in [-0.3, -0.25) is 4.98 Å². The van der Waals surface area contributed by atoms with Crippen molar-refractivity contribution in [3.05, 3.63) is 77.6 Å². The van der Waals surface area contributed by atoms with Gasteiger partial charge in [0.25, 0.3) is 0 Å². The first-order valence-electron chi connectivity index (χ1n) is 13.2. The molecule has 2 N–H and O–H groups in total. The Labute approximate surface area is 221 Å². The fraction of sp³-hybridized carbons (Fsp3) is 0.367. The molecule has 38 heavy (non-hydrogen) atoms. The van der Waals surface area contributed by atoms with E-state index in [0.29, 0.717) is 11.5 Å². The molecule has 196 valence electrons. The maximum absolute atomic E-state index is 10.9. The molecule has 0 aliphatic carbocycles. The van der Waals surface area contributed by atoms with E-state index < -0.39 is 5.60 Å². The van der Waals surface area contributed by atoms with Crippen LogP contribution in [0.1, 0.15) is 42.6 Å². The van der Waals surface area contributed by atoms with Gasteiger partial charge in [0, 0.05) is 37.4 Å². The monoisotopic (exact) mass is 511 g/mol. The number of fused-ring (bicyclic) bond motifs is 3. The van der Waals surface area contributed by atoms with E-state index in [0.717, 1.165) is 64.9 Å². The number of aromatic nitrogens is 5. The lowest BCUT2D eigenvalue weighted by Gasteiger charge is -2.33. The molecule has 1 saturated heterocycles. The van der Waals surface area contributed by atoms with E-state index in [9.17, 15) is 10.2 Å². The van der Waals surface area contributed by atoms with Crippen LogP contribution >= 0.6 is 0 Å². The Hall–Kier alpha value is -3.59. The highest BCUT2D eigenvalue weighted by Gasteiger charge is 2.31. The van der Waals surface area contributed by atoms with Gasteiger partial charge in [-0.2, -0.15) is 0 Å². The Morgan fingerprint density at radius 3 is 2.53 bits per heavy atom. The second kappa shape index (κ2) is 9.62. The molecule has 0 radical (unpaired) electrons. The molecule has 5 aromatic rings. The van der Waals surface area contributed by atoms with Crippen molar-refractivity contribution in [2.75, 3.05) is 19.8 Å². The van der Waals surface area contributed by atoms with Crippen LogP contribution in [-0.2, 0) is 17.4 Å². The van der Waals surface area contributed by atoms with Crippen LogP contribution in [0.2, 0.25) is 0 Å². The van der Waals surface area contributed by atoms with Crippen LogP contribution in [-0.4, -0.2) is 54.6 Å². The standard InChI is InChI=1S/C30H33N5O3/c1-19-28(34(3)33-32-19)22-15-26-27(31-17-22)24-10-9-23(30(2,37)18-36)16-25(24)35(26)29(20-7-5-4-6-8-20)21-11-13-38-14-12-21/h4-10,15-17,21,29,36-37H,11-14,18H2,1-3H3/t29-,30-/m1/s1. The smallest absolute Gasteiger partial charge is 0.110 e. The Bertz CT molecular complexity index is 1580. The molecule has 4 heterocycles. The van der Waals surface area contributed by atoms with E-state index >= 15 is 0 Å². The zero-order valence-corrected chi connectivity index (χ0v) is 22.0. The molecule has 0 unspecified atom stereocenters. The van der Waals surface area contributed by atoms with Gasteiger partial charge in [-0.15, -0.1) is 5.10 Å². The Kier molecular flexibility index (Phi) is 6.26. The first-order chi connectivity index (χ1) is 18.4. The van der Waals surface area contributed by atoms with Crippen LogP contribution in [0.3, 0.4) is 0 Å². The average Bonchev–Trinajstić information content (AvgIpc) is 3.45. The van der Waals surface area contributed by atoms with Gasteiger partial charge in [-0.25, -0.2) is 4.68 Å². The summed E-state index contributed by atoms with van der Waals surface area (Å²) in [5.41, 5.74) is 6.17. The number of nitrogens with zero attached hydrogens (tertiary/aromatic N) is 5. The molecule has 2 aromatic carbocycles. The molecule has 0 spiro atoms. The SMILES string of the molecule is Cc1nnn(C)c1-c1cnc2c3ccc([C@](C)(O)CO)cc3n([C@H](c3ccccc3)C3CCOCC3)c2c1. The normalized spacial score (nSPS) is 17.2. The third kappa shape index (κ3) is 4.09. The van der Waals surface area contributed by atoms with Crippen molar-refractivity contribution in [3.8, 4) is 11.3 Å². The third-order valence-corrected chi connectivity index (χ3v) is 7.97. The van der Waals surface area contributed by atoms with Gasteiger partial charge < -0.3 is 19.5 Å². The highest BCUT2D eigenvalue weighted by Crippen LogP contribution is 2.42. The second-order valence-corrected chi connectivity index (χ2v) is 10.6. The Morgan fingerprint density at radius 1 is 1.08 bits per heavy atom. The second-order valence-electron chi connectivity index (χ2n) is 10.6. The predicted molar refractivity (Wildman–Crippen MR) is 147 cm³/mol. The maximum atomic E-state index is 10.9. The summed E-state index contributed by atoms with van der Waals surface area (Å²) in [5.74, 6) is 0.357. The highest BCUT2D eigenvalue weighted by molar-refractivity contribution is 6.07. The van der Waals surface area contributed by atoms with E-state index in [1.807, 2.05) is 44.4 Å². The first kappa shape index (κ1) is 24.7. The van der Waals surface area contributed by atoms with E-state index in [2.05, 4.69) is 45.2 Å². The average molecular weight is 512 g/mol. The van der Waals surface area contributed by atoms with Crippen molar-refractivity contribution in [1.82, 2.24) is 24.5 Å². The Balaban J connectivity index is 1.69. The number of pyridine rings is 1. The van der Waals surface area contributed by atoms with Crippen molar-refractivity contribution >= 4 is 21.9 Å². The van der Waals surface area contributed by atoms with Crippen LogP contribution in [0.25, 0.3) is 33.2 Å². The number of rotatable bonds is 6. The molecule has 8 heteroatoms. The lowest BCUT2D eigenvalue weighted by atomic mass is 9.86. The molecule has 1 aliphatic rings. The summed E-state index contributed by atoms with van der Waals surface area (Å²) in [6.45, 7) is 4.71. The van der Waals surface area contributed by atoms with Gasteiger partial charge in [0.05, 0.1) is 40.6 Å². The molecule has 0 saturated carbocycles. The summed E-state index contributed by atoms with van der Waals surface area (Å²) in [6.07, 6.45) is 3.79. The van der Waals surface area contributed by atoms with Gasteiger partial charge in [0.1, 0.15) is 5.60 Å². The first-order valence-corrected chi connectivity index (χ1v) is 13.2. The molecule has 2 atom stereocenters. The van der Waals surface area contributed by atoms with Crippen molar-refractivity contribution < 1.29 is 14.9 Å². The molecular formula is C30H33N5O3. The van der Waals surface area contributed by atoms with Crippen molar-refractivity contribution in [3.63, 3.8) is 0 Å². The number of aryl methyl sites for hydroxylation is 2. The van der Waals surface area contributed by atoms with Crippen LogP contribution in [0.5, 0.6) is 0 Å². The van der Waals surface area contributed by atoms with Gasteiger partial charge in [-0.1, -0.05) is 47.7 Å². The summed E-state index contributed by atoms with van der Waals surface area (Å²) in [5, 5.41) is 30.3. The molecule has 3 aromatic heterocycles. The number of aliphatic hydroxyl groups is 2. The summed E-state index contributed by atoms with van der Waals surface area (Å²) in [6, 6.07) is 18.8. The van der Waals surface area contributed by atoms with Crippen LogP contribution in [0.4, 0.5) is 0 Å². The Morgan fingerprint density at radius 2 is 1.84 bits per heavy atom. The van der Waals surface area contributed by atoms with Crippen molar-refractivity contribution in [2.45, 2.75) is 38.3 Å². The summed E-state index contributed by atoms with van der Waals surface area (Å²) in [7, 11) is 1.90. The molecule has 0 bridgehead atoms. The van der Waals surface area contributed by atoms with Crippen molar-refractivity contribution in [2.24, 2.45) is 13.0 Å². The minimum atomic E-state index is -1.35. The minimum Gasteiger partial charge on any atom is -0.393 e. The van der Waals surface area contributed by atoms with Crippen LogP contribution in [0, 0.1) is 12.8 Å². The zero-order chi connectivity index (χ0) is 26.4. The predicted octanol–water partition coefficient (Wildman–Crippen LogP) is 4.51. The lowest BCUT2D eigenvalue weighted by Crippen LogP contribution is -2.27. The van der Waals surface area contributed by atoms with Crippen LogP contribution in [0.15, 0.2) is 60.8 Å². The zero-order valence-electron chi connectivity index (χ0n) is 22.0. The van der Waals surface area contributed by atoms with Crippen LogP contribution < -0.4 is 0 Å². The van der Waals surface area contributed by atoms with E-state index in [1.54, 1.807) is 11.6 Å². The maximum Gasteiger partial charge on any atom is 0.110 e. The molecular weight excluding hydrogens is 478 g/mol. The van der Waals surface area contributed by atoms with Gasteiger partial charge in [-0.05, 0) is 55.9 Å². The molecule has 0 amide bonds. The molecule has 1 fully saturated rings. The van der Waals surface area contributed by atoms with Gasteiger partial charge in [0.2, 0.25) is 0 Å². The molecule has 8 nitrogen and oxygen atoms in total. The highest BCUT2D eigenvalue weighted by atomic mass is 16.5. The third-order valence-electron chi connectivity index (χ3n) is 7.97. The largest absolute Gasteiger partial charge is 0.393 e. The summed E-state index contributed by atoms with van der Waals surface area (Å²) in [4.78, 5) is 4.98. The van der Waals surface area contributed by atoms with E-state index in [1.165, 1.54) is 5.56 Å². The molecule has 1 aliphatic heterocycles. The quantitative estimate of drug-likeness (QED) is 0.348. The fourth-order valence-electron chi connectivity index (χ4n) is 5.93. The topological polar surface area (TPSA) is 98.2 Å². The number of aliphatic hydroxyl groups excluding tert-OH is 1. The minimum absolute atomic E-state index is 0.0391. The van der Waals surface area contributed by atoms with Gasteiger partial charge in [0.15, 0.2) is 0 Å². The summed E-state index contributed by atoms with van der Waals surface area (Å²) >= 11 is 0. The molecule has 6 rings (SSSR count). The van der Waals surface area contributed by atoms with E-state index in [-0.39, 0.29) is 12.6 Å². The fourth-order valence-corrected chi connectivity index (χ4v) is 5.93. The number of ether oxygens (including phenoxy) is 1. The number of hydrogen-bond donors (Lipinski definition) is 2. The van der Waals surface area contributed by atoms with Gasteiger partial charge >= 0.3 is 0 Å². The lowest BCUT2D eigenvalue weighted by molar-refractivity contribution is -0.00220. The summed E-state index contributed by atoms with van der Waals surface area (Å²) < 4.78 is 9.93. The van der Waals surface area contributed by atoms with E-state index in [4.69, 9.17) is 9.72 Å². The number of hydrogen-bond acceptors (Lipinski definition) is 6. The number of benzene rings is 2. The van der Waals surface area contributed by atoms with Crippen molar-refractivity contribution in [1.29, 1.82) is 0 Å².